The van der Waals surface area contributed by atoms with E-state index < -0.39 is 0 Å². The Kier molecular flexibility index (Phi) is 5.12. The SMILES string of the molecule is CCCNCC1CCc2nc(CCC)ncc2C1. The molecular weight excluding hydrogens is 222 g/mol. The van der Waals surface area contributed by atoms with Crippen molar-refractivity contribution in [3.8, 4) is 0 Å². The van der Waals surface area contributed by atoms with Crippen molar-refractivity contribution in [1.29, 1.82) is 0 Å². The van der Waals surface area contributed by atoms with Gasteiger partial charge < -0.3 is 5.32 Å². The van der Waals surface area contributed by atoms with Gasteiger partial charge in [-0.2, -0.15) is 0 Å². The van der Waals surface area contributed by atoms with Gasteiger partial charge in [-0.05, 0) is 56.7 Å². The van der Waals surface area contributed by atoms with Crippen LogP contribution >= 0.6 is 0 Å². The van der Waals surface area contributed by atoms with E-state index >= 15 is 0 Å². The molecule has 1 aromatic rings. The van der Waals surface area contributed by atoms with E-state index in [9.17, 15) is 0 Å². The topological polar surface area (TPSA) is 37.8 Å². The van der Waals surface area contributed by atoms with Gasteiger partial charge in [0.1, 0.15) is 5.82 Å². The molecule has 0 spiro atoms. The maximum absolute atomic E-state index is 4.70. The van der Waals surface area contributed by atoms with E-state index in [1.165, 1.54) is 24.1 Å². The third-order valence-corrected chi connectivity index (χ3v) is 3.64. The first-order chi connectivity index (χ1) is 8.83. The Morgan fingerprint density at radius 2 is 2.22 bits per heavy atom. The van der Waals surface area contributed by atoms with Crippen LogP contribution in [0.5, 0.6) is 0 Å². The summed E-state index contributed by atoms with van der Waals surface area (Å²) in [5.74, 6) is 1.79. The average Bonchev–Trinajstić information content (AvgIpc) is 2.39. The minimum absolute atomic E-state index is 0.768. The molecule has 100 valence electrons. The van der Waals surface area contributed by atoms with E-state index in [4.69, 9.17) is 4.98 Å². The van der Waals surface area contributed by atoms with Crippen molar-refractivity contribution >= 4 is 0 Å². The number of hydrogen-bond donors (Lipinski definition) is 1. The zero-order valence-electron chi connectivity index (χ0n) is 11.7. The molecule has 2 rings (SSSR count). The molecule has 1 N–H and O–H groups in total. The van der Waals surface area contributed by atoms with Gasteiger partial charge in [-0.25, -0.2) is 9.97 Å². The van der Waals surface area contributed by atoms with Crippen LogP contribution in [-0.4, -0.2) is 23.1 Å². The molecule has 0 saturated heterocycles. The number of aromatic nitrogens is 2. The number of nitrogens with zero attached hydrogens (tertiary/aromatic N) is 2. The summed E-state index contributed by atoms with van der Waals surface area (Å²) in [4.78, 5) is 9.18. The van der Waals surface area contributed by atoms with Gasteiger partial charge in [0, 0.05) is 18.3 Å². The Bertz CT molecular complexity index is 376. The van der Waals surface area contributed by atoms with Crippen LogP contribution in [0.15, 0.2) is 6.20 Å². The number of hydrogen-bond acceptors (Lipinski definition) is 3. The Labute approximate surface area is 110 Å². The number of nitrogens with one attached hydrogen (secondary N) is 1. The Morgan fingerprint density at radius 1 is 1.33 bits per heavy atom. The zero-order valence-corrected chi connectivity index (χ0v) is 11.7. The summed E-state index contributed by atoms with van der Waals surface area (Å²) in [7, 11) is 0. The molecule has 0 radical (unpaired) electrons. The van der Waals surface area contributed by atoms with Crippen molar-refractivity contribution in [3.63, 3.8) is 0 Å². The molecule has 1 heterocycles. The molecule has 0 aromatic carbocycles. The summed E-state index contributed by atoms with van der Waals surface area (Å²) < 4.78 is 0. The molecule has 1 atom stereocenters. The second-order valence-corrected chi connectivity index (χ2v) is 5.32. The highest BCUT2D eigenvalue weighted by Gasteiger charge is 2.19. The molecule has 3 heteroatoms. The second kappa shape index (κ2) is 6.83. The van der Waals surface area contributed by atoms with Crippen LogP contribution in [0.25, 0.3) is 0 Å². The van der Waals surface area contributed by atoms with E-state index in [-0.39, 0.29) is 0 Å². The van der Waals surface area contributed by atoms with Crippen molar-refractivity contribution in [2.45, 2.75) is 52.4 Å². The first-order valence-electron chi connectivity index (χ1n) is 7.37. The average molecular weight is 247 g/mol. The smallest absolute Gasteiger partial charge is 0.128 e. The van der Waals surface area contributed by atoms with Gasteiger partial charge in [0.15, 0.2) is 0 Å². The molecule has 0 amide bonds. The Balaban J connectivity index is 1.93. The van der Waals surface area contributed by atoms with E-state index in [1.54, 1.807) is 0 Å². The van der Waals surface area contributed by atoms with E-state index in [0.29, 0.717) is 0 Å². The van der Waals surface area contributed by atoms with Crippen molar-refractivity contribution in [3.05, 3.63) is 23.3 Å². The van der Waals surface area contributed by atoms with Crippen LogP contribution in [-0.2, 0) is 19.3 Å². The fourth-order valence-electron chi connectivity index (χ4n) is 2.63. The van der Waals surface area contributed by atoms with Gasteiger partial charge in [-0.15, -0.1) is 0 Å². The summed E-state index contributed by atoms with van der Waals surface area (Å²) in [6.45, 7) is 6.67. The number of rotatable bonds is 6. The quantitative estimate of drug-likeness (QED) is 0.785. The normalized spacial score (nSPS) is 18.7. The van der Waals surface area contributed by atoms with Crippen LogP contribution < -0.4 is 5.32 Å². The summed E-state index contributed by atoms with van der Waals surface area (Å²) >= 11 is 0. The van der Waals surface area contributed by atoms with Crippen molar-refractivity contribution in [1.82, 2.24) is 15.3 Å². The number of aryl methyl sites for hydroxylation is 2. The molecule has 0 saturated carbocycles. The minimum Gasteiger partial charge on any atom is -0.316 e. The lowest BCUT2D eigenvalue weighted by atomic mass is 9.87. The maximum atomic E-state index is 4.70. The standard InChI is InChI=1S/C15H25N3/c1-3-5-15-17-11-13-9-12(10-16-8-4-2)6-7-14(13)18-15/h11-12,16H,3-10H2,1-2H3. The van der Waals surface area contributed by atoms with Gasteiger partial charge in [0.2, 0.25) is 0 Å². The summed E-state index contributed by atoms with van der Waals surface area (Å²) in [5, 5.41) is 3.53. The van der Waals surface area contributed by atoms with E-state index in [1.807, 2.05) is 0 Å². The highest BCUT2D eigenvalue weighted by molar-refractivity contribution is 5.21. The van der Waals surface area contributed by atoms with Crippen LogP contribution in [0, 0.1) is 5.92 Å². The van der Waals surface area contributed by atoms with Crippen molar-refractivity contribution in [2.75, 3.05) is 13.1 Å². The largest absolute Gasteiger partial charge is 0.316 e. The first kappa shape index (κ1) is 13.5. The predicted octanol–water partition coefficient (Wildman–Crippen LogP) is 2.53. The molecule has 1 aliphatic rings. The Morgan fingerprint density at radius 3 is 3.00 bits per heavy atom. The van der Waals surface area contributed by atoms with Gasteiger partial charge in [-0.1, -0.05) is 13.8 Å². The third-order valence-electron chi connectivity index (χ3n) is 3.64. The van der Waals surface area contributed by atoms with Gasteiger partial charge in [0.05, 0.1) is 0 Å². The maximum Gasteiger partial charge on any atom is 0.128 e. The minimum atomic E-state index is 0.768. The first-order valence-corrected chi connectivity index (χ1v) is 7.37. The lowest BCUT2D eigenvalue weighted by Crippen LogP contribution is -2.28. The lowest BCUT2D eigenvalue weighted by Gasteiger charge is -2.24. The molecule has 1 aliphatic carbocycles. The van der Waals surface area contributed by atoms with E-state index in [2.05, 4.69) is 30.3 Å². The van der Waals surface area contributed by atoms with Crippen molar-refractivity contribution < 1.29 is 0 Å². The van der Waals surface area contributed by atoms with Crippen LogP contribution in [0.3, 0.4) is 0 Å². The van der Waals surface area contributed by atoms with Crippen molar-refractivity contribution in [2.24, 2.45) is 5.92 Å². The molecule has 1 unspecified atom stereocenters. The van der Waals surface area contributed by atoms with Crippen LogP contribution in [0.1, 0.15) is 50.2 Å². The second-order valence-electron chi connectivity index (χ2n) is 5.32. The molecule has 1 aromatic heterocycles. The monoisotopic (exact) mass is 247 g/mol. The molecule has 0 fully saturated rings. The molecule has 3 nitrogen and oxygen atoms in total. The molecule has 0 aliphatic heterocycles. The molecular formula is C15H25N3. The van der Waals surface area contributed by atoms with E-state index in [0.717, 1.165) is 50.5 Å². The summed E-state index contributed by atoms with van der Waals surface area (Å²) in [5.41, 5.74) is 2.68. The van der Waals surface area contributed by atoms with Crippen LogP contribution in [0.4, 0.5) is 0 Å². The molecule has 0 bridgehead atoms. The number of fused-ring (bicyclic) bond motifs is 1. The summed E-state index contributed by atoms with van der Waals surface area (Å²) in [6, 6.07) is 0. The third kappa shape index (κ3) is 3.52. The predicted molar refractivity (Wildman–Crippen MR) is 74.7 cm³/mol. The molecule has 18 heavy (non-hydrogen) atoms. The van der Waals surface area contributed by atoms with Crippen LogP contribution in [0.2, 0.25) is 0 Å². The highest BCUT2D eigenvalue weighted by atomic mass is 14.9. The summed E-state index contributed by atoms with van der Waals surface area (Å²) in [6.07, 6.45) is 8.97. The fourth-order valence-corrected chi connectivity index (χ4v) is 2.63. The van der Waals surface area contributed by atoms with Gasteiger partial charge >= 0.3 is 0 Å². The highest BCUT2D eigenvalue weighted by Crippen LogP contribution is 2.23. The van der Waals surface area contributed by atoms with Gasteiger partial charge in [-0.3, -0.25) is 0 Å². The Hall–Kier alpha value is -0.960. The zero-order chi connectivity index (χ0) is 12.8. The fraction of sp³-hybridized carbons (Fsp3) is 0.733. The van der Waals surface area contributed by atoms with Gasteiger partial charge in [0.25, 0.3) is 0 Å². The lowest BCUT2D eigenvalue weighted by molar-refractivity contribution is 0.419.